The van der Waals surface area contributed by atoms with Crippen LogP contribution in [0, 0.1) is 0 Å². The number of carbonyl (C=O) groups is 2. The number of halogens is 1. The molecule has 25 heavy (non-hydrogen) atoms. The highest BCUT2D eigenvalue weighted by Gasteiger charge is 2.27. The van der Waals surface area contributed by atoms with E-state index in [0.717, 1.165) is 30.2 Å². The number of aliphatic hydroxyl groups is 1. The van der Waals surface area contributed by atoms with Crippen LogP contribution in [0.2, 0.25) is 0 Å². The van der Waals surface area contributed by atoms with Gasteiger partial charge in [-0.25, -0.2) is 0 Å². The smallest absolute Gasteiger partial charge is 0.241 e. The molecule has 0 aromatic heterocycles. The van der Waals surface area contributed by atoms with Gasteiger partial charge < -0.3 is 20.6 Å². The van der Waals surface area contributed by atoms with E-state index in [1.54, 1.807) is 0 Å². The third kappa shape index (κ3) is 5.60. The van der Waals surface area contributed by atoms with Crippen molar-refractivity contribution < 1.29 is 14.7 Å². The van der Waals surface area contributed by atoms with Gasteiger partial charge in [0, 0.05) is 36.8 Å². The highest BCUT2D eigenvalue weighted by molar-refractivity contribution is 7.99. The summed E-state index contributed by atoms with van der Waals surface area (Å²) in [6.45, 7) is 2.11. The molecule has 3 rings (SSSR count). The molecular weight excluding hydrogens is 362 g/mol. The first-order valence-corrected chi connectivity index (χ1v) is 9.44. The Morgan fingerprint density at radius 1 is 1.24 bits per heavy atom. The van der Waals surface area contributed by atoms with Gasteiger partial charge >= 0.3 is 0 Å². The predicted molar refractivity (Wildman–Crippen MR) is 102 cm³/mol. The van der Waals surface area contributed by atoms with Crippen LogP contribution in [-0.4, -0.2) is 65.1 Å². The molecule has 2 aliphatic rings. The summed E-state index contributed by atoms with van der Waals surface area (Å²) >= 11 is 1.89. The van der Waals surface area contributed by atoms with Crippen LogP contribution >= 0.6 is 24.2 Å². The second-order valence-corrected chi connectivity index (χ2v) is 7.43. The first-order chi connectivity index (χ1) is 11.6. The van der Waals surface area contributed by atoms with Gasteiger partial charge in [-0.1, -0.05) is 12.1 Å². The van der Waals surface area contributed by atoms with Gasteiger partial charge in [-0.05, 0) is 24.1 Å². The molecule has 2 atom stereocenters. The quantitative estimate of drug-likeness (QED) is 0.717. The van der Waals surface area contributed by atoms with E-state index in [2.05, 4.69) is 10.6 Å². The normalized spacial score (nSPS) is 23.0. The fraction of sp³-hybridized carbons (Fsp3) is 0.529. The minimum Gasteiger partial charge on any atom is -0.392 e. The Hall–Kier alpha value is -1.28. The number of hydrogen-bond acceptors (Lipinski definition) is 5. The highest BCUT2D eigenvalue weighted by Crippen LogP contribution is 2.15. The molecule has 1 aromatic carbocycles. The number of carbonyl (C=O) groups excluding carboxylic acids is 2. The van der Waals surface area contributed by atoms with Crippen molar-refractivity contribution in [3.63, 3.8) is 0 Å². The maximum absolute atomic E-state index is 12.2. The van der Waals surface area contributed by atoms with Crippen molar-refractivity contribution in [1.82, 2.24) is 10.2 Å². The average molecular weight is 386 g/mol. The van der Waals surface area contributed by atoms with Crippen LogP contribution in [0.25, 0.3) is 0 Å². The molecule has 8 heteroatoms. The van der Waals surface area contributed by atoms with Gasteiger partial charge in [0.2, 0.25) is 11.8 Å². The van der Waals surface area contributed by atoms with E-state index >= 15 is 0 Å². The SMILES string of the molecule is Cl.O=C(Nc1ccc(CC(=O)N2CCSCC2)cc1)C1CC(O)CN1. The third-order valence-corrected chi connectivity index (χ3v) is 5.31. The predicted octanol–water partition coefficient (Wildman–Crippen LogP) is 0.888. The van der Waals surface area contributed by atoms with Crippen molar-refractivity contribution in [2.75, 3.05) is 36.5 Å². The Morgan fingerprint density at radius 2 is 1.92 bits per heavy atom. The Kier molecular flexibility index (Phi) is 7.56. The van der Waals surface area contributed by atoms with Gasteiger partial charge in [0.1, 0.15) is 0 Å². The minimum absolute atomic E-state index is 0. The average Bonchev–Trinajstić information content (AvgIpc) is 3.04. The van der Waals surface area contributed by atoms with Crippen molar-refractivity contribution >= 4 is 41.7 Å². The van der Waals surface area contributed by atoms with Gasteiger partial charge in [0.05, 0.1) is 18.6 Å². The molecule has 2 unspecified atom stereocenters. The van der Waals surface area contributed by atoms with Crippen molar-refractivity contribution in [1.29, 1.82) is 0 Å². The van der Waals surface area contributed by atoms with Crippen LogP contribution in [-0.2, 0) is 16.0 Å². The number of hydrogen-bond donors (Lipinski definition) is 3. The summed E-state index contributed by atoms with van der Waals surface area (Å²) in [5.74, 6) is 2.05. The molecule has 6 nitrogen and oxygen atoms in total. The van der Waals surface area contributed by atoms with Crippen LogP contribution in [0.5, 0.6) is 0 Å². The zero-order valence-corrected chi connectivity index (χ0v) is 15.6. The molecule has 0 spiro atoms. The largest absolute Gasteiger partial charge is 0.392 e. The van der Waals surface area contributed by atoms with Crippen molar-refractivity contribution in [2.45, 2.75) is 25.0 Å². The maximum atomic E-state index is 12.2. The molecule has 0 aliphatic carbocycles. The number of β-amino-alcohol motifs (C(OH)–C–C–N with tert-alkyl or cyclic N) is 1. The fourth-order valence-electron chi connectivity index (χ4n) is 2.95. The Morgan fingerprint density at radius 3 is 2.52 bits per heavy atom. The second kappa shape index (κ2) is 9.43. The molecule has 0 radical (unpaired) electrons. The van der Waals surface area contributed by atoms with Crippen LogP contribution in [0.4, 0.5) is 5.69 Å². The van der Waals surface area contributed by atoms with E-state index in [1.165, 1.54) is 0 Å². The number of amides is 2. The summed E-state index contributed by atoms with van der Waals surface area (Å²) in [4.78, 5) is 26.3. The molecule has 2 fully saturated rings. The molecule has 2 heterocycles. The van der Waals surface area contributed by atoms with E-state index in [9.17, 15) is 14.7 Å². The zero-order chi connectivity index (χ0) is 16.9. The van der Waals surface area contributed by atoms with Crippen molar-refractivity contribution in [3.05, 3.63) is 29.8 Å². The van der Waals surface area contributed by atoms with Crippen LogP contribution in [0.1, 0.15) is 12.0 Å². The Labute approximate surface area is 158 Å². The molecule has 2 saturated heterocycles. The van der Waals surface area contributed by atoms with E-state index in [1.807, 2.05) is 40.9 Å². The summed E-state index contributed by atoms with van der Waals surface area (Å²) in [7, 11) is 0. The number of rotatable bonds is 4. The first kappa shape index (κ1) is 20.0. The molecule has 138 valence electrons. The molecule has 2 aliphatic heterocycles. The monoisotopic (exact) mass is 385 g/mol. The van der Waals surface area contributed by atoms with Crippen molar-refractivity contribution in [2.24, 2.45) is 0 Å². The highest BCUT2D eigenvalue weighted by atomic mass is 35.5. The number of aliphatic hydroxyl groups excluding tert-OH is 1. The number of thioether (sulfide) groups is 1. The van der Waals surface area contributed by atoms with E-state index in [0.29, 0.717) is 25.1 Å². The molecule has 1 aromatic rings. The molecular formula is C17H24ClN3O3S. The zero-order valence-electron chi connectivity index (χ0n) is 13.9. The van der Waals surface area contributed by atoms with E-state index in [4.69, 9.17) is 0 Å². The van der Waals surface area contributed by atoms with Gasteiger partial charge in [0.15, 0.2) is 0 Å². The first-order valence-electron chi connectivity index (χ1n) is 8.28. The number of nitrogens with one attached hydrogen (secondary N) is 2. The standard InChI is InChI=1S/C17H23N3O3S.ClH/c21-14-10-15(18-11-14)17(23)19-13-3-1-12(2-4-13)9-16(22)20-5-7-24-8-6-20;/h1-4,14-15,18,21H,5-11H2,(H,19,23);1H. The Bertz CT molecular complexity index is 556. The van der Waals surface area contributed by atoms with E-state index in [-0.39, 0.29) is 30.3 Å². The lowest BCUT2D eigenvalue weighted by atomic mass is 10.1. The maximum Gasteiger partial charge on any atom is 0.241 e. The summed E-state index contributed by atoms with van der Waals surface area (Å²) < 4.78 is 0. The lowest BCUT2D eigenvalue weighted by molar-refractivity contribution is -0.130. The second-order valence-electron chi connectivity index (χ2n) is 6.21. The summed E-state index contributed by atoms with van der Waals surface area (Å²) in [6, 6.07) is 7.04. The molecule has 2 amide bonds. The summed E-state index contributed by atoms with van der Waals surface area (Å²) in [5, 5.41) is 15.3. The van der Waals surface area contributed by atoms with Gasteiger partial charge in [-0.15, -0.1) is 12.4 Å². The van der Waals surface area contributed by atoms with Gasteiger partial charge in [-0.2, -0.15) is 11.8 Å². The van der Waals surface area contributed by atoms with E-state index < -0.39 is 6.10 Å². The fourth-order valence-corrected chi connectivity index (χ4v) is 3.85. The minimum atomic E-state index is -0.456. The van der Waals surface area contributed by atoms with Gasteiger partial charge in [0.25, 0.3) is 0 Å². The summed E-state index contributed by atoms with van der Waals surface area (Å²) in [6.07, 6.45) is 0.379. The number of anilines is 1. The third-order valence-electron chi connectivity index (χ3n) is 4.36. The number of nitrogens with zero attached hydrogens (tertiary/aromatic N) is 1. The van der Waals surface area contributed by atoms with Crippen LogP contribution < -0.4 is 10.6 Å². The topological polar surface area (TPSA) is 81.7 Å². The van der Waals surface area contributed by atoms with Gasteiger partial charge in [-0.3, -0.25) is 9.59 Å². The molecule has 3 N–H and O–H groups in total. The lowest BCUT2D eigenvalue weighted by Gasteiger charge is -2.26. The molecule has 0 saturated carbocycles. The Balaban J connectivity index is 0.00000225. The van der Waals surface area contributed by atoms with Crippen molar-refractivity contribution in [3.8, 4) is 0 Å². The lowest BCUT2D eigenvalue weighted by Crippen LogP contribution is -2.38. The number of benzene rings is 1. The van der Waals surface area contributed by atoms with Crippen LogP contribution in [0.3, 0.4) is 0 Å². The summed E-state index contributed by atoms with van der Waals surface area (Å²) in [5.41, 5.74) is 1.65. The van der Waals surface area contributed by atoms with Crippen LogP contribution in [0.15, 0.2) is 24.3 Å². The molecule has 0 bridgehead atoms.